The summed E-state index contributed by atoms with van der Waals surface area (Å²) in [6, 6.07) is 8.09. The zero-order valence-corrected chi connectivity index (χ0v) is 12.4. The Morgan fingerprint density at radius 3 is 2.65 bits per heavy atom. The van der Waals surface area contributed by atoms with Crippen LogP contribution in [0.4, 0.5) is 0 Å². The molecule has 1 aromatic carbocycles. The Morgan fingerprint density at radius 1 is 1.35 bits per heavy atom. The molecule has 0 bridgehead atoms. The lowest BCUT2D eigenvalue weighted by atomic mass is 9.64. The van der Waals surface area contributed by atoms with Crippen LogP contribution >= 0.6 is 11.6 Å². The van der Waals surface area contributed by atoms with E-state index in [1.165, 1.54) is 12.0 Å². The zero-order chi connectivity index (χ0) is 14.0. The van der Waals surface area contributed by atoms with Gasteiger partial charge in [-0.25, -0.2) is 0 Å². The highest BCUT2D eigenvalue weighted by molar-refractivity contribution is 6.30. The lowest BCUT2D eigenvalue weighted by Crippen LogP contribution is -2.47. The molecular weight excluding hydrogens is 272 g/mol. The molecule has 3 rings (SSSR count). The molecule has 1 atom stereocenters. The Kier molecular flexibility index (Phi) is 3.99. The fourth-order valence-corrected chi connectivity index (χ4v) is 3.38. The summed E-state index contributed by atoms with van der Waals surface area (Å²) in [5.41, 5.74) is 1.43. The van der Waals surface area contributed by atoms with E-state index in [-0.39, 0.29) is 17.2 Å². The van der Waals surface area contributed by atoms with Gasteiger partial charge in [0, 0.05) is 23.5 Å². The van der Waals surface area contributed by atoms with Crippen molar-refractivity contribution in [1.29, 1.82) is 0 Å². The summed E-state index contributed by atoms with van der Waals surface area (Å²) in [5, 5.41) is 7.18. The maximum atomic E-state index is 12.1. The summed E-state index contributed by atoms with van der Waals surface area (Å²) in [4.78, 5) is 12.1. The maximum Gasteiger partial charge on any atom is 0.224 e. The lowest BCUT2D eigenvalue weighted by molar-refractivity contribution is -0.124. The highest BCUT2D eigenvalue weighted by Crippen LogP contribution is 2.43. The van der Waals surface area contributed by atoms with E-state index in [0.717, 1.165) is 43.9 Å². The van der Waals surface area contributed by atoms with Gasteiger partial charge in [-0.05, 0) is 43.5 Å². The van der Waals surface area contributed by atoms with Gasteiger partial charge in [-0.2, -0.15) is 0 Å². The molecule has 1 aliphatic carbocycles. The maximum absolute atomic E-state index is 12.1. The van der Waals surface area contributed by atoms with Gasteiger partial charge in [0.2, 0.25) is 5.91 Å². The molecule has 1 aliphatic heterocycles. The molecule has 2 fully saturated rings. The molecule has 1 saturated heterocycles. The SMILES string of the molecule is O=C(NCC1(c2ccc(Cl)cc2)CCC1)C1CCNC1. The van der Waals surface area contributed by atoms with Crippen LogP contribution in [0.5, 0.6) is 0 Å². The number of benzene rings is 1. The third-order valence-corrected chi connectivity index (χ3v) is 5.05. The molecule has 3 nitrogen and oxygen atoms in total. The van der Waals surface area contributed by atoms with Gasteiger partial charge in [0.15, 0.2) is 0 Å². The topological polar surface area (TPSA) is 41.1 Å². The standard InChI is InChI=1S/C16H21ClN2O/c17-14-4-2-13(3-5-14)16(7-1-8-16)11-19-15(20)12-6-9-18-10-12/h2-5,12,18H,1,6-11H2,(H,19,20). The predicted molar refractivity (Wildman–Crippen MR) is 81.0 cm³/mol. The van der Waals surface area contributed by atoms with Gasteiger partial charge < -0.3 is 10.6 Å². The predicted octanol–water partition coefficient (Wildman–Crippen LogP) is 2.49. The van der Waals surface area contributed by atoms with Gasteiger partial charge in [-0.15, -0.1) is 0 Å². The lowest BCUT2D eigenvalue weighted by Gasteiger charge is -2.42. The average molecular weight is 293 g/mol. The monoisotopic (exact) mass is 292 g/mol. The molecule has 4 heteroatoms. The second kappa shape index (κ2) is 5.74. The van der Waals surface area contributed by atoms with Crippen LogP contribution in [0, 0.1) is 5.92 Å². The van der Waals surface area contributed by atoms with E-state index in [0.29, 0.717) is 0 Å². The van der Waals surface area contributed by atoms with Crippen LogP contribution in [0.1, 0.15) is 31.2 Å². The van der Waals surface area contributed by atoms with Crippen LogP contribution in [0.2, 0.25) is 5.02 Å². The fourth-order valence-electron chi connectivity index (χ4n) is 3.25. The number of carbonyl (C=O) groups excluding carboxylic acids is 1. The van der Waals surface area contributed by atoms with Crippen molar-refractivity contribution >= 4 is 17.5 Å². The van der Waals surface area contributed by atoms with Crippen molar-refractivity contribution in [2.24, 2.45) is 5.92 Å². The number of hydrogen-bond donors (Lipinski definition) is 2. The van der Waals surface area contributed by atoms with Crippen molar-refractivity contribution in [3.8, 4) is 0 Å². The highest BCUT2D eigenvalue weighted by Gasteiger charge is 2.39. The van der Waals surface area contributed by atoms with Crippen molar-refractivity contribution in [2.45, 2.75) is 31.1 Å². The van der Waals surface area contributed by atoms with E-state index in [4.69, 9.17) is 11.6 Å². The van der Waals surface area contributed by atoms with Gasteiger partial charge in [0.25, 0.3) is 0 Å². The summed E-state index contributed by atoms with van der Waals surface area (Å²) in [7, 11) is 0. The zero-order valence-electron chi connectivity index (χ0n) is 11.6. The minimum Gasteiger partial charge on any atom is -0.355 e. The Balaban J connectivity index is 1.64. The summed E-state index contributed by atoms with van der Waals surface area (Å²) < 4.78 is 0. The smallest absolute Gasteiger partial charge is 0.224 e. The summed E-state index contributed by atoms with van der Waals surface area (Å²) in [5.74, 6) is 0.354. The molecule has 2 N–H and O–H groups in total. The first-order valence-corrected chi connectivity index (χ1v) is 7.82. The van der Waals surface area contributed by atoms with Crippen molar-refractivity contribution < 1.29 is 4.79 Å². The van der Waals surface area contributed by atoms with Crippen molar-refractivity contribution in [3.05, 3.63) is 34.9 Å². The van der Waals surface area contributed by atoms with E-state index in [1.807, 2.05) is 12.1 Å². The van der Waals surface area contributed by atoms with E-state index >= 15 is 0 Å². The molecule has 108 valence electrons. The number of halogens is 1. The van der Waals surface area contributed by atoms with Crippen molar-refractivity contribution in [3.63, 3.8) is 0 Å². The Morgan fingerprint density at radius 2 is 2.10 bits per heavy atom. The van der Waals surface area contributed by atoms with Crippen LogP contribution in [0.15, 0.2) is 24.3 Å². The van der Waals surface area contributed by atoms with E-state index in [2.05, 4.69) is 22.8 Å². The molecule has 0 radical (unpaired) electrons. The van der Waals surface area contributed by atoms with Crippen molar-refractivity contribution in [1.82, 2.24) is 10.6 Å². The second-order valence-electron chi connectivity index (χ2n) is 6.05. The third-order valence-electron chi connectivity index (χ3n) is 4.80. The van der Waals surface area contributed by atoms with Gasteiger partial charge in [0.05, 0.1) is 5.92 Å². The molecule has 1 unspecified atom stereocenters. The molecule has 2 aliphatic rings. The van der Waals surface area contributed by atoms with Crippen LogP contribution in [-0.2, 0) is 10.2 Å². The third kappa shape index (κ3) is 2.70. The number of rotatable bonds is 4. The van der Waals surface area contributed by atoms with E-state index < -0.39 is 0 Å². The summed E-state index contributed by atoms with van der Waals surface area (Å²) in [6.45, 7) is 2.53. The Hall–Kier alpha value is -1.06. The first kappa shape index (κ1) is 13.9. The molecule has 0 aromatic heterocycles. The molecule has 20 heavy (non-hydrogen) atoms. The minimum absolute atomic E-state index is 0.131. The first-order valence-electron chi connectivity index (χ1n) is 7.44. The quantitative estimate of drug-likeness (QED) is 0.895. The first-order chi connectivity index (χ1) is 9.70. The number of hydrogen-bond acceptors (Lipinski definition) is 2. The minimum atomic E-state index is 0.131. The molecular formula is C16H21ClN2O. The second-order valence-corrected chi connectivity index (χ2v) is 6.48. The summed E-state index contributed by atoms with van der Waals surface area (Å²) in [6.07, 6.45) is 4.50. The molecule has 1 saturated carbocycles. The molecule has 1 aromatic rings. The average Bonchev–Trinajstić information content (AvgIpc) is 2.93. The molecule has 1 heterocycles. The summed E-state index contributed by atoms with van der Waals surface area (Å²) >= 11 is 5.96. The Labute approximate surface area is 125 Å². The molecule has 0 spiro atoms. The van der Waals surface area contributed by atoms with Gasteiger partial charge in [0.1, 0.15) is 0 Å². The van der Waals surface area contributed by atoms with Gasteiger partial charge in [-0.3, -0.25) is 4.79 Å². The van der Waals surface area contributed by atoms with Crippen LogP contribution in [0.25, 0.3) is 0 Å². The molecule has 1 amide bonds. The van der Waals surface area contributed by atoms with Crippen LogP contribution in [0.3, 0.4) is 0 Å². The highest BCUT2D eigenvalue weighted by atomic mass is 35.5. The number of nitrogens with one attached hydrogen (secondary N) is 2. The van der Waals surface area contributed by atoms with E-state index in [9.17, 15) is 4.79 Å². The fraction of sp³-hybridized carbons (Fsp3) is 0.562. The van der Waals surface area contributed by atoms with Gasteiger partial charge in [-0.1, -0.05) is 30.2 Å². The van der Waals surface area contributed by atoms with Crippen LogP contribution in [-0.4, -0.2) is 25.5 Å². The van der Waals surface area contributed by atoms with Crippen LogP contribution < -0.4 is 10.6 Å². The van der Waals surface area contributed by atoms with Crippen molar-refractivity contribution in [2.75, 3.05) is 19.6 Å². The Bertz CT molecular complexity index is 476. The number of amides is 1. The van der Waals surface area contributed by atoms with E-state index in [1.54, 1.807) is 0 Å². The largest absolute Gasteiger partial charge is 0.355 e. The normalized spacial score (nSPS) is 24.1. The van der Waals surface area contributed by atoms with Gasteiger partial charge >= 0.3 is 0 Å². The number of carbonyl (C=O) groups is 1.